The largest absolute Gasteiger partial charge is 0.453 e. The molecular weight excluding hydrogens is 796 g/mol. The van der Waals surface area contributed by atoms with E-state index in [1.165, 1.54) is 0 Å². The van der Waals surface area contributed by atoms with Crippen LogP contribution in [0.2, 0.25) is 0 Å². The van der Waals surface area contributed by atoms with E-state index in [1.54, 1.807) is 12.1 Å². The van der Waals surface area contributed by atoms with Crippen LogP contribution < -0.4 is 0 Å². The van der Waals surface area contributed by atoms with Gasteiger partial charge in [-0.15, -0.1) is 0 Å². The van der Waals surface area contributed by atoms with Crippen LogP contribution in [0.3, 0.4) is 0 Å². The maximum absolute atomic E-state index is 13.4. The van der Waals surface area contributed by atoms with Gasteiger partial charge in [0.1, 0.15) is 0 Å². The number of carbonyl (C=O) groups is 1. The summed E-state index contributed by atoms with van der Waals surface area (Å²) in [6, 6.07) is 11.7. The molecule has 16 unspecified atom stereocenters. The van der Waals surface area contributed by atoms with E-state index in [-0.39, 0.29) is 66.3 Å². The number of hydrogen-bond acceptors (Lipinski definition) is 12. The maximum atomic E-state index is 13.4. The van der Waals surface area contributed by atoms with Gasteiger partial charge in [0.2, 0.25) is 0 Å². The van der Waals surface area contributed by atoms with Crippen LogP contribution in [-0.4, -0.2) is 99.0 Å². The van der Waals surface area contributed by atoms with Gasteiger partial charge in [-0.05, 0) is 95.1 Å². The van der Waals surface area contributed by atoms with E-state index >= 15 is 0 Å². The molecule has 0 N–H and O–H groups in total. The molecule has 0 amide bonds. The first-order valence-corrected chi connectivity index (χ1v) is 24.5. The number of hydrogen-bond donors (Lipinski definition) is 0. The fourth-order valence-electron chi connectivity index (χ4n) is 8.94. The molecule has 16 atom stereocenters. The maximum Gasteiger partial charge on any atom is 0.338 e. The Bertz CT molecular complexity index is 1440. The van der Waals surface area contributed by atoms with Gasteiger partial charge in [-0.2, -0.15) is 5.26 Å². The van der Waals surface area contributed by atoms with Crippen molar-refractivity contribution < 1.29 is 47.0 Å². The molecule has 1 aromatic rings. The lowest BCUT2D eigenvalue weighted by Gasteiger charge is -2.47. The van der Waals surface area contributed by atoms with Crippen molar-refractivity contribution in [1.82, 2.24) is 4.67 Å². The average molecular weight is 877 g/mol. The summed E-state index contributed by atoms with van der Waals surface area (Å²) in [5, 5.41) is 9.04. The molecule has 13 heteroatoms. The molecule has 0 saturated carbocycles. The van der Waals surface area contributed by atoms with Gasteiger partial charge < -0.3 is 42.2 Å². The number of rotatable bonds is 23. The predicted octanol–water partition coefficient (Wildman–Crippen LogP) is 10.4. The average Bonchev–Trinajstić information content (AvgIpc) is 3.24. The summed E-state index contributed by atoms with van der Waals surface area (Å²) >= 11 is 0. The molecule has 0 aliphatic carbocycles. The third kappa shape index (κ3) is 14.4. The van der Waals surface area contributed by atoms with Crippen molar-refractivity contribution in [1.29, 1.82) is 5.26 Å². The van der Waals surface area contributed by atoms with Gasteiger partial charge in [-0.1, -0.05) is 80.5 Å². The van der Waals surface area contributed by atoms with Gasteiger partial charge >= 0.3 is 5.97 Å². The van der Waals surface area contributed by atoms with Crippen molar-refractivity contribution in [2.45, 2.75) is 177 Å². The fraction of sp³-hybridized carbons (Fsp3) is 0.833. The number of esters is 1. The van der Waals surface area contributed by atoms with Gasteiger partial charge in [-0.3, -0.25) is 0 Å². The van der Waals surface area contributed by atoms with E-state index < -0.39 is 33.2 Å². The minimum Gasteiger partial charge on any atom is -0.453 e. The predicted molar refractivity (Wildman–Crippen MR) is 238 cm³/mol. The van der Waals surface area contributed by atoms with Gasteiger partial charge in [0.15, 0.2) is 25.0 Å². The highest BCUT2D eigenvalue weighted by molar-refractivity contribution is 7.44. The first-order valence-electron chi connectivity index (χ1n) is 23.4. The molecule has 4 rings (SSSR count). The quantitative estimate of drug-likeness (QED) is 0.0590. The fourth-order valence-corrected chi connectivity index (χ4v) is 10.6. The Labute approximate surface area is 370 Å². The highest BCUT2D eigenvalue weighted by atomic mass is 31.2. The molecule has 0 aromatic heterocycles. The van der Waals surface area contributed by atoms with E-state index in [0.717, 1.165) is 25.7 Å². The molecule has 3 heterocycles. The second-order valence-electron chi connectivity index (χ2n) is 18.6. The van der Waals surface area contributed by atoms with Crippen LogP contribution in [0, 0.1) is 58.7 Å². The van der Waals surface area contributed by atoms with Crippen LogP contribution >= 0.6 is 8.53 Å². The lowest BCUT2D eigenvalue weighted by Crippen LogP contribution is -2.54. The van der Waals surface area contributed by atoms with Gasteiger partial charge in [-0.25, -0.2) is 9.46 Å². The zero-order valence-electron chi connectivity index (χ0n) is 39.7. The topological polar surface area (TPSA) is 127 Å². The number of carbonyl (C=O) groups excluding carboxylic acids is 1. The number of nitriles is 1. The summed E-state index contributed by atoms with van der Waals surface area (Å²) in [6.07, 6.45) is 1.44. The number of nitrogens with zero attached hydrogens (tertiary/aromatic N) is 2. The van der Waals surface area contributed by atoms with E-state index in [9.17, 15) is 4.79 Å². The Morgan fingerprint density at radius 2 is 1.16 bits per heavy atom. The minimum absolute atomic E-state index is 0.00212. The third-order valence-corrected chi connectivity index (χ3v) is 16.0. The Balaban J connectivity index is 1.36. The van der Waals surface area contributed by atoms with Crippen LogP contribution in [0.5, 0.6) is 0 Å². The van der Waals surface area contributed by atoms with Crippen molar-refractivity contribution in [3.05, 3.63) is 35.9 Å². The summed E-state index contributed by atoms with van der Waals surface area (Å²) in [5.74, 6) is 1.60. The van der Waals surface area contributed by atoms with Crippen LogP contribution in [0.1, 0.15) is 132 Å². The molecule has 3 aliphatic rings. The molecule has 0 spiro atoms. The summed E-state index contributed by atoms with van der Waals surface area (Å²) in [5.41, 5.74) is 0.487. The lowest BCUT2D eigenvalue weighted by atomic mass is 9.78. The van der Waals surface area contributed by atoms with E-state index in [1.807, 2.05) is 18.2 Å². The van der Waals surface area contributed by atoms with Crippen molar-refractivity contribution in [2.24, 2.45) is 47.3 Å². The van der Waals surface area contributed by atoms with Crippen molar-refractivity contribution in [2.75, 3.05) is 33.0 Å². The normalized spacial score (nSPS) is 35.0. The van der Waals surface area contributed by atoms with Crippen molar-refractivity contribution in [3.8, 4) is 6.07 Å². The summed E-state index contributed by atoms with van der Waals surface area (Å²) in [7, 11) is -1.28. The Hall–Kier alpha value is -1.75. The summed E-state index contributed by atoms with van der Waals surface area (Å²) in [4.78, 5) is 13.4. The molecule has 0 bridgehead atoms. The highest BCUT2D eigenvalue weighted by Crippen LogP contribution is 2.46. The van der Waals surface area contributed by atoms with Crippen LogP contribution in [0.15, 0.2) is 30.3 Å². The van der Waals surface area contributed by atoms with Crippen LogP contribution in [0.25, 0.3) is 0 Å². The summed E-state index contributed by atoms with van der Waals surface area (Å²) < 4.78 is 60.2. The van der Waals surface area contributed by atoms with Crippen molar-refractivity contribution in [3.63, 3.8) is 0 Å². The lowest BCUT2D eigenvalue weighted by molar-refractivity contribution is -0.309. The third-order valence-electron chi connectivity index (χ3n) is 13.9. The monoisotopic (exact) mass is 877 g/mol. The number of unbranched alkanes of at least 4 members (excludes halogenated alkanes) is 2. The number of ether oxygens (including phenoxy) is 7. The van der Waals surface area contributed by atoms with Crippen molar-refractivity contribution >= 4 is 14.5 Å². The summed E-state index contributed by atoms with van der Waals surface area (Å²) in [6.45, 7) is 30.5. The first kappa shape index (κ1) is 51.9. The molecule has 1 aromatic carbocycles. The van der Waals surface area contributed by atoms with Gasteiger partial charge in [0.05, 0.1) is 62.8 Å². The zero-order valence-corrected chi connectivity index (χ0v) is 40.6. The van der Waals surface area contributed by atoms with Crippen LogP contribution in [-0.2, 0) is 42.2 Å². The van der Waals surface area contributed by atoms with Crippen LogP contribution in [0.4, 0.5) is 0 Å². The van der Waals surface area contributed by atoms with E-state index in [0.29, 0.717) is 62.8 Å². The standard InChI is InChI=1S/C48H81N2O10P/c1-14-41-34(8)32(6)38(12)46(57-41)53-28-42-35(9)33(7)39(13)47(58-42)54-29-43-36(10)37(11)44(60-45(51)40-22-17-15-18-23-40)48(59-43)52-25-19-16-20-26-55-61(56-27-21-24-49)50(30(2)3)31(4)5/h15,17-18,22-23,30-39,41-44,46-48H,14,16,19-21,25-29H2,1-13H3. The molecule has 12 nitrogen and oxygen atoms in total. The van der Waals surface area contributed by atoms with E-state index in [4.69, 9.17) is 47.5 Å². The smallest absolute Gasteiger partial charge is 0.338 e. The second kappa shape index (κ2) is 25.7. The Morgan fingerprint density at radius 3 is 1.72 bits per heavy atom. The minimum atomic E-state index is -1.28. The number of benzene rings is 1. The molecule has 348 valence electrons. The molecule has 3 aliphatic heterocycles. The molecule has 3 fully saturated rings. The Kier molecular flexibility index (Phi) is 21.8. The highest BCUT2D eigenvalue weighted by Gasteiger charge is 2.47. The second-order valence-corrected chi connectivity index (χ2v) is 20.1. The zero-order chi connectivity index (χ0) is 44.8. The SMILES string of the molecule is CCC1OC(OCC2OC(OCC3OC(OCCCCCOP(OCCC#N)N(C(C)C)C(C)C)C(OC(=O)c4ccccc4)C(C)C3C)C(C)C(C)C2C)C(C)C(C)C1C. The first-order chi connectivity index (χ1) is 29.1. The molecule has 0 radical (unpaired) electrons. The molecule has 61 heavy (non-hydrogen) atoms. The molecule has 3 saturated heterocycles. The molecular formula is C48H81N2O10P. The van der Waals surface area contributed by atoms with Gasteiger partial charge in [0.25, 0.3) is 8.53 Å². The Morgan fingerprint density at radius 1 is 0.656 bits per heavy atom. The van der Waals surface area contributed by atoms with E-state index in [2.05, 4.69) is 101 Å². The van der Waals surface area contributed by atoms with Gasteiger partial charge in [0, 0.05) is 36.4 Å².